The molecule has 0 amide bonds. The first-order chi connectivity index (χ1) is 11.2. The molecule has 0 fully saturated rings. The minimum absolute atomic E-state index is 0.118. The summed E-state index contributed by atoms with van der Waals surface area (Å²) in [7, 11) is 0. The Morgan fingerprint density at radius 1 is 1.13 bits per heavy atom. The normalized spacial score (nSPS) is 30.9. The molecule has 23 heavy (non-hydrogen) atoms. The van der Waals surface area contributed by atoms with Gasteiger partial charge in [-0.3, -0.25) is 0 Å². The van der Waals surface area contributed by atoms with Crippen LogP contribution in [0.15, 0.2) is 76.9 Å². The van der Waals surface area contributed by atoms with Gasteiger partial charge in [-0.25, -0.2) is 0 Å². The minimum atomic E-state index is -0.647. The van der Waals surface area contributed by atoms with Crippen molar-refractivity contribution in [1.29, 1.82) is 10.5 Å². The zero-order chi connectivity index (χ0) is 16.0. The fourth-order valence-electron chi connectivity index (χ4n) is 4.24. The lowest BCUT2D eigenvalue weighted by molar-refractivity contribution is 0.503. The first-order valence-corrected chi connectivity index (χ1v) is 7.93. The van der Waals surface area contributed by atoms with Gasteiger partial charge in [0.1, 0.15) is 5.41 Å². The van der Waals surface area contributed by atoms with E-state index in [-0.39, 0.29) is 5.92 Å². The van der Waals surface area contributed by atoms with Crippen LogP contribution in [0.25, 0.3) is 0 Å². The number of hydrogen-bond donors (Lipinski definition) is 0. The van der Waals surface area contributed by atoms with Crippen LogP contribution in [0, 0.1) is 34.0 Å². The maximum Gasteiger partial charge on any atom is 0.108 e. The van der Waals surface area contributed by atoms with Crippen molar-refractivity contribution in [3.63, 3.8) is 0 Å². The zero-order valence-corrected chi connectivity index (χ0v) is 13.0. The van der Waals surface area contributed by atoms with E-state index >= 15 is 0 Å². The van der Waals surface area contributed by atoms with Gasteiger partial charge < -0.3 is 0 Å². The van der Waals surface area contributed by atoms with Gasteiger partial charge in [-0.2, -0.15) is 10.5 Å². The molecule has 1 aromatic carbocycles. The Hall–Kier alpha value is -2.84. The molecule has 0 saturated heterocycles. The predicted molar refractivity (Wildman–Crippen MR) is 89.0 cm³/mol. The molecule has 0 N–H and O–H groups in total. The smallest absolute Gasteiger partial charge is 0.108 e. The first kappa shape index (κ1) is 13.8. The summed E-state index contributed by atoms with van der Waals surface area (Å²) in [5.41, 5.74) is 4.56. The van der Waals surface area contributed by atoms with Crippen LogP contribution in [0.1, 0.15) is 24.8 Å². The minimum Gasteiger partial charge on any atom is -0.197 e. The average molecular weight is 296 g/mol. The van der Waals surface area contributed by atoms with E-state index in [0.717, 1.165) is 17.6 Å². The molecular weight excluding hydrogens is 280 g/mol. The van der Waals surface area contributed by atoms with Crippen LogP contribution in [-0.4, -0.2) is 0 Å². The van der Waals surface area contributed by atoms with E-state index in [2.05, 4.69) is 37.3 Å². The van der Waals surface area contributed by atoms with Crippen molar-refractivity contribution in [3.05, 3.63) is 82.5 Å². The third-order valence-corrected chi connectivity index (χ3v) is 5.39. The SMILES string of the molecule is C[C@@H]1C=CC2=C(C#N)C=C[C@]3(C#N)C2=C1CC3c1ccccc1. The molecule has 3 atom stereocenters. The highest BCUT2D eigenvalue weighted by Crippen LogP contribution is 2.60. The third kappa shape index (κ3) is 1.73. The number of hydrogen-bond acceptors (Lipinski definition) is 2. The Morgan fingerprint density at radius 3 is 2.61 bits per heavy atom. The van der Waals surface area contributed by atoms with Crippen molar-refractivity contribution in [3.8, 4) is 12.1 Å². The second kappa shape index (κ2) is 4.83. The zero-order valence-electron chi connectivity index (χ0n) is 13.0. The Morgan fingerprint density at radius 2 is 1.91 bits per heavy atom. The van der Waals surface area contributed by atoms with Crippen molar-refractivity contribution in [2.75, 3.05) is 0 Å². The van der Waals surface area contributed by atoms with Crippen LogP contribution < -0.4 is 0 Å². The van der Waals surface area contributed by atoms with E-state index in [9.17, 15) is 10.5 Å². The quantitative estimate of drug-likeness (QED) is 0.761. The van der Waals surface area contributed by atoms with E-state index in [1.807, 2.05) is 36.4 Å². The highest BCUT2D eigenvalue weighted by Gasteiger charge is 2.51. The predicted octanol–water partition coefficient (Wildman–Crippen LogP) is 4.58. The Bertz CT molecular complexity index is 884. The summed E-state index contributed by atoms with van der Waals surface area (Å²) in [6.07, 6.45) is 8.86. The first-order valence-electron chi connectivity index (χ1n) is 7.93. The molecule has 1 unspecified atom stereocenters. The van der Waals surface area contributed by atoms with Crippen LogP contribution >= 0.6 is 0 Å². The van der Waals surface area contributed by atoms with Gasteiger partial charge in [-0.05, 0) is 35.1 Å². The van der Waals surface area contributed by atoms with Crippen LogP contribution in [0.5, 0.6) is 0 Å². The van der Waals surface area contributed by atoms with Gasteiger partial charge in [0.15, 0.2) is 0 Å². The number of nitrogens with zero attached hydrogens (tertiary/aromatic N) is 2. The summed E-state index contributed by atoms with van der Waals surface area (Å²) in [6, 6.07) is 15.2. The van der Waals surface area contributed by atoms with Crippen molar-refractivity contribution >= 4 is 0 Å². The molecule has 0 radical (unpaired) electrons. The summed E-state index contributed by atoms with van der Waals surface area (Å²) in [5.74, 6) is 0.439. The number of allylic oxidation sites excluding steroid dienone is 8. The molecule has 3 aliphatic rings. The fourth-order valence-corrected chi connectivity index (χ4v) is 4.24. The van der Waals surface area contributed by atoms with Crippen molar-refractivity contribution in [1.82, 2.24) is 0 Å². The molecule has 0 saturated carbocycles. The van der Waals surface area contributed by atoms with Gasteiger partial charge in [-0.1, -0.05) is 61.1 Å². The molecule has 1 aromatic rings. The van der Waals surface area contributed by atoms with E-state index < -0.39 is 5.41 Å². The monoisotopic (exact) mass is 296 g/mol. The van der Waals surface area contributed by atoms with Gasteiger partial charge in [-0.15, -0.1) is 0 Å². The second-order valence-electron chi connectivity index (χ2n) is 6.47. The van der Waals surface area contributed by atoms with Crippen LogP contribution in [0.4, 0.5) is 0 Å². The number of nitriles is 2. The summed E-state index contributed by atoms with van der Waals surface area (Å²) in [4.78, 5) is 0. The van der Waals surface area contributed by atoms with E-state index in [0.29, 0.717) is 11.5 Å². The van der Waals surface area contributed by atoms with Gasteiger partial charge >= 0.3 is 0 Å². The summed E-state index contributed by atoms with van der Waals surface area (Å²) in [5, 5.41) is 19.5. The van der Waals surface area contributed by atoms with E-state index in [4.69, 9.17) is 0 Å². The van der Waals surface area contributed by atoms with Crippen LogP contribution in [-0.2, 0) is 0 Å². The van der Waals surface area contributed by atoms with Crippen LogP contribution in [0.2, 0.25) is 0 Å². The topological polar surface area (TPSA) is 47.6 Å². The summed E-state index contributed by atoms with van der Waals surface area (Å²) < 4.78 is 0. The van der Waals surface area contributed by atoms with Crippen molar-refractivity contribution < 1.29 is 0 Å². The lowest BCUT2D eigenvalue weighted by atomic mass is 9.66. The summed E-state index contributed by atoms with van der Waals surface area (Å²) in [6.45, 7) is 2.18. The number of rotatable bonds is 1. The Balaban J connectivity index is 1.96. The maximum absolute atomic E-state index is 10.1. The highest BCUT2D eigenvalue weighted by molar-refractivity contribution is 5.69. The van der Waals surface area contributed by atoms with E-state index in [1.54, 1.807) is 0 Å². The molecule has 4 rings (SSSR count). The van der Waals surface area contributed by atoms with E-state index in [1.165, 1.54) is 11.1 Å². The van der Waals surface area contributed by atoms with Gasteiger partial charge in [0, 0.05) is 5.92 Å². The molecule has 2 heteroatoms. The van der Waals surface area contributed by atoms with Gasteiger partial charge in [0.2, 0.25) is 0 Å². The third-order valence-electron chi connectivity index (χ3n) is 5.39. The fraction of sp³-hybridized carbons (Fsp3) is 0.238. The maximum atomic E-state index is 10.1. The molecule has 2 nitrogen and oxygen atoms in total. The summed E-state index contributed by atoms with van der Waals surface area (Å²) >= 11 is 0. The molecule has 0 bridgehead atoms. The van der Waals surface area contributed by atoms with Crippen LogP contribution in [0.3, 0.4) is 0 Å². The van der Waals surface area contributed by atoms with Gasteiger partial charge in [0.05, 0.1) is 17.7 Å². The Kier molecular flexibility index (Phi) is 2.90. The lowest BCUT2D eigenvalue weighted by Gasteiger charge is -2.33. The molecule has 0 aromatic heterocycles. The molecule has 0 heterocycles. The highest BCUT2D eigenvalue weighted by atomic mass is 14.5. The number of benzene rings is 1. The lowest BCUT2D eigenvalue weighted by Crippen LogP contribution is -2.27. The standard InChI is InChI=1S/C21H16N2/c1-14-7-8-17-16(12-22)9-10-21(13-23)19(11-18(14)20(17)21)15-5-3-2-4-6-15/h2-10,14,19H,11H2,1H3/t14-,19?,21-/m1/s1. The molecule has 3 aliphatic carbocycles. The second-order valence-corrected chi connectivity index (χ2v) is 6.47. The van der Waals surface area contributed by atoms with Crippen molar-refractivity contribution in [2.45, 2.75) is 19.3 Å². The Labute approximate surface area is 136 Å². The molecular formula is C21H16N2. The molecule has 0 aliphatic heterocycles. The van der Waals surface area contributed by atoms with Gasteiger partial charge in [0.25, 0.3) is 0 Å². The average Bonchev–Trinajstić information content (AvgIpc) is 2.96. The molecule has 0 spiro atoms. The largest absolute Gasteiger partial charge is 0.197 e. The molecule has 110 valence electrons. The van der Waals surface area contributed by atoms with Crippen molar-refractivity contribution in [2.24, 2.45) is 11.3 Å².